The Morgan fingerprint density at radius 2 is 1.46 bits per heavy atom. The molecule has 0 fully saturated rings. The van der Waals surface area contributed by atoms with E-state index in [0.717, 1.165) is 15.7 Å². The van der Waals surface area contributed by atoms with Crippen molar-refractivity contribution >= 4 is 63.1 Å². The Morgan fingerprint density at radius 3 is 2.17 bits per heavy atom. The summed E-state index contributed by atoms with van der Waals surface area (Å²) < 4.78 is 5.50. The monoisotopic (exact) mass is 502 g/mol. The van der Waals surface area contributed by atoms with Crippen LogP contribution in [0.25, 0.3) is 10.8 Å². The highest BCUT2D eigenvalue weighted by atomic mass is 35.5. The lowest BCUT2D eigenvalue weighted by atomic mass is 10.1. The number of esters is 1. The van der Waals surface area contributed by atoms with Crippen LogP contribution in [0.2, 0.25) is 5.02 Å². The summed E-state index contributed by atoms with van der Waals surface area (Å²) in [6, 6.07) is 25.8. The van der Waals surface area contributed by atoms with Crippen molar-refractivity contribution < 1.29 is 19.1 Å². The number of imide groups is 1. The van der Waals surface area contributed by atoms with Crippen LogP contribution in [0.15, 0.2) is 102 Å². The minimum absolute atomic E-state index is 0.0573. The quantitative estimate of drug-likeness (QED) is 0.201. The van der Waals surface area contributed by atoms with Crippen LogP contribution in [-0.2, 0) is 9.59 Å². The number of carbonyl (C=O) groups excluding carboxylic acids is 3. The summed E-state index contributed by atoms with van der Waals surface area (Å²) in [6.07, 6.45) is 0. The molecule has 0 radical (unpaired) electrons. The first kappa shape index (κ1) is 22.7. The fourth-order valence-electron chi connectivity index (χ4n) is 3.67. The number of carbonyl (C=O) groups is 3. The van der Waals surface area contributed by atoms with Crippen molar-refractivity contribution in [1.29, 1.82) is 0 Å². The molecule has 5 rings (SSSR count). The van der Waals surface area contributed by atoms with Crippen molar-refractivity contribution in [3.05, 3.63) is 112 Å². The third kappa shape index (κ3) is 4.49. The van der Waals surface area contributed by atoms with Crippen LogP contribution in [-0.4, -0.2) is 17.8 Å². The molecule has 0 bridgehead atoms. The highest BCUT2D eigenvalue weighted by Gasteiger charge is 2.38. The Hall–Kier alpha value is -4.13. The van der Waals surface area contributed by atoms with Gasteiger partial charge in [-0.1, -0.05) is 53.5 Å². The van der Waals surface area contributed by atoms with Gasteiger partial charge in [-0.3, -0.25) is 9.59 Å². The second kappa shape index (κ2) is 9.25. The van der Waals surface area contributed by atoms with Crippen molar-refractivity contribution in [2.24, 2.45) is 0 Å². The van der Waals surface area contributed by atoms with Crippen LogP contribution >= 0.6 is 23.2 Å². The molecule has 6 nitrogen and oxygen atoms in total. The summed E-state index contributed by atoms with van der Waals surface area (Å²) >= 11 is 12.1. The Morgan fingerprint density at radius 1 is 0.771 bits per heavy atom. The first-order valence-corrected chi connectivity index (χ1v) is 11.3. The van der Waals surface area contributed by atoms with Gasteiger partial charge in [-0.15, -0.1) is 0 Å². The van der Waals surface area contributed by atoms with E-state index in [-0.39, 0.29) is 10.7 Å². The molecule has 4 aromatic rings. The number of nitrogens with zero attached hydrogens (tertiary/aromatic N) is 1. The number of benzene rings is 4. The summed E-state index contributed by atoms with van der Waals surface area (Å²) in [5.41, 5.74) is 1.09. The van der Waals surface area contributed by atoms with E-state index >= 15 is 0 Å². The standard InChI is InChI=1S/C27H16Cl2N2O4/c28-19-8-12-21(13-9-19)31-25(32)23(29)24(26(31)33)30-20-10-5-17(6-11-20)27(34)35-22-14-7-16-3-1-2-4-18(16)15-22/h1-15,30H. The number of anilines is 2. The maximum absolute atomic E-state index is 12.9. The van der Waals surface area contributed by atoms with Crippen LogP contribution < -0.4 is 15.0 Å². The largest absolute Gasteiger partial charge is 0.423 e. The molecule has 35 heavy (non-hydrogen) atoms. The van der Waals surface area contributed by atoms with Crippen molar-refractivity contribution in [2.45, 2.75) is 0 Å². The zero-order valence-corrected chi connectivity index (χ0v) is 19.5. The summed E-state index contributed by atoms with van der Waals surface area (Å²) in [7, 11) is 0. The van der Waals surface area contributed by atoms with E-state index in [9.17, 15) is 14.4 Å². The maximum atomic E-state index is 12.9. The summed E-state index contributed by atoms with van der Waals surface area (Å²) in [5.74, 6) is -1.32. The molecular weight excluding hydrogens is 487 g/mol. The van der Waals surface area contributed by atoms with E-state index < -0.39 is 17.8 Å². The predicted molar refractivity (Wildman–Crippen MR) is 136 cm³/mol. The molecular formula is C27H16Cl2N2O4. The van der Waals surface area contributed by atoms with Crippen LogP contribution in [0.4, 0.5) is 11.4 Å². The van der Waals surface area contributed by atoms with Crippen molar-refractivity contribution in [3.63, 3.8) is 0 Å². The molecule has 0 spiro atoms. The van der Waals surface area contributed by atoms with E-state index in [4.69, 9.17) is 27.9 Å². The highest BCUT2D eigenvalue weighted by molar-refractivity contribution is 6.53. The minimum Gasteiger partial charge on any atom is -0.423 e. The zero-order valence-electron chi connectivity index (χ0n) is 18.0. The second-order valence-electron chi connectivity index (χ2n) is 7.71. The summed E-state index contributed by atoms with van der Waals surface area (Å²) in [6.45, 7) is 0. The van der Waals surface area contributed by atoms with Crippen LogP contribution in [0, 0.1) is 0 Å². The molecule has 0 saturated heterocycles. The molecule has 8 heteroatoms. The number of hydrogen-bond acceptors (Lipinski definition) is 5. The van der Waals surface area contributed by atoms with E-state index in [0.29, 0.717) is 27.7 Å². The van der Waals surface area contributed by atoms with Crippen molar-refractivity contribution in [2.75, 3.05) is 10.2 Å². The SMILES string of the molecule is O=C(Oc1ccc2ccccc2c1)c1ccc(NC2=C(Cl)C(=O)N(c3ccc(Cl)cc3)C2=O)cc1. The van der Waals surface area contributed by atoms with Crippen LogP contribution in [0.1, 0.15) is 10.4 Å². The summed E-state index contributed by atoms with van der Waals surface area (Å²) in [4.78, 5) is 39.0. The lowest BCUT2D eigenvalue weighted by molar-refractivity contribution is -0.120. The molecule has 172 valence electrons. The smallest absolute Gasteiger partial charge is 0.343 e. The fourth-order valence-corrected chi connectivity index (χ4v) is 4.01. The summed E-state index contributed by atoms with van der Waals surface area (Å²) in [5, 5.41) is 5.13. The van der Waals surface area contributed by atoms with Gasteiger partial charge in [-0.25, -0.2) is 9.69 Å². The van der Waals surface area contributed by atoms with Crippen LogP contribution in [0.5, 0.6) is 5.75 Å². The molecule has 0 saturated carbocycles. The third-order valence-corrected chi connectivity index (χ3v) is 6.04. The van der Waals surface area contributed by atoms with Gasteiger partial charge in [0.05, 0.1) is 11.3 Å². The van der Waals surface area contributed by atoms with E-state index in [1.807, 2.05) is 30.3 Å². The third-order valence-electron chi connectivity index (χ3n) is 5.43. The number of ether oxygens (including phenoxy) is 1. The molecule has 0 atom stereocenters. The van der Waals surface area contributed by atoms with Gasteiger partial charge in [0.25, 0.3) is 11.8 Å². The van der Waals surface area contributed by atoms with Gasteiger partial charge in [-0.2, -0.15) is 0 Å². The lowest BCUT2D eigenvalue weighted by Gasteiger charge is -2.15. The molecule has 1 heterocycles. The highest BCUT2D eigenvalue weighted by Crippen LogP contribution is 2.31. The van der Waals surface area contributed by atoms with E-state index in [1.54, 1.807) is 60.7 Å². The lowest BCUT2D eigenvalue weighted by Crippen LogP contribution is -2.32. The molecule has 1 aliphatic rings. The molecule has 0 aromatic heterocycles. The Balaban J connectivity index is 1.29. The molecule has 2 amide bonds. The molecule has 0 unspecified atom stereocenters. The van der Waals surface area contributed by atoms with Gasteiger partial charge >= 0.3 is 5.97 Å². The number of hydrogen-bond donors (Lipinski definition) is 1. The Labute approximate surface area is 210 Å². The predicted octanol–water partition coefficient (Wildman–Crippen LogP) is 6.15. The van der Waals surface area contributed by atoms with E-state index in [2.05, 4.69) is 5.32 Å². The van der Waals surface area contributed by atoms with Crippen molar-refractivity contribution in [1.82, 2.24) is 0 Å². The average Bonchev–Trinajstić information content (AvgIpc) is 3.08. The minimum atomic E-state index is -0.642. The molecule has 0 aliphatic carbocycles. The van der Waals surface area contributed by atoms with Crippen LogP contribution in [0.3, 0.4) is 0 Å². The number of rotatable bonds is 5. The normalized spacial score (nSPS) is 13.5. The second-order valence-corrected chi connectivity index (χ2v) is 8.53. The van der Waals surface area contributed by atoms with E-state index in [1.165, 1.54) is 0 Å². The van der Waals surface area contributed by atoms with Gasteiger partial charge in [0.15, 0.2) is 0 Å². The topological polar surface area (TPSA) is 75.7 Å². The van der Waals surface area contributed by atoms with Gasteiger partial charge in [0.1, 0.15) is 16.5 Å². The van der Waals surface area contributed by atoms with Gasteiger partial charge < -0.3 is 10.1 Å². The zero-order chi connectivity index (χ0) is 24.5. The average molecular weight is 503 g/mol. The number of amides is 2. The number of nitrogens with one attached hydrogen (secondary N) is 1. The first-order valence-electron chi connectivity index (χ1n) is 10.5. The Kier molecular flexibility index (Phi) is 5.99. The van der Waals surface area contributed by atoms with Crippen molar-refractivity contribution in [3.8, 4) is 5.75 Å². The van der Waals surface area contributed by atoms with Gasteiger partial charge in [-0.05, 0) is 71.4 Å². The molecule has 1 aliphatic heterocycles. The van der Waals surface area contributed by atoms with Gasteiger partial charge in [0.2, 0.25) is 0 Å². The number of fused-ring (bicyclic) bond motifs is 1. The first-order chi connectivity index (χ1) is 16.9. The molecule has 1 N–H and O–H groups in total. The van der Waals surface area contributed by atoms with Gasteiger partial charge in [0, 0.05) is 10.7 Å². The fraction of sp³-hybridized carbons (Fsp3) is 0. The maximum Gasteiger partial charge on any atom is 0.343 e. The molecule has 4 aromatic carbocycles. The number of halogens is 2. The Bertz CT molecular complexity index is 1510.